The minimum absolute atomic E-state index is 0.206. The van der Waals surface area contributed by atoms with Crippen LogP contribution in [0.2, 0.25) is 0 Å². The number of carbonyl (C=O) groups excluding carboxylic acids is 2. The van der Waals surface area contributed by atoms with Crippen molar-refractivity contribution in [1.82, 2.24) is 4.98 Å². The van der Waals surface area contributed by atoms with E-state index >= 15 is 0 Å². The van der Waals surface area contributed by atoms with Gasteiger partial charge >= 0.3 is 12.2 Å². The number of nitrogens with zero attached hydrogens (tertiary/aromatic N) is 2. The maximum atomic E-state index is 12.7. The van der Waals surface area contributed by atoms with E-state index in [1.54, 1.807) is 54.7 Å². The summed E-state index contributed by atoms with van der Waals surface area (Å²) in [7, 11) is 0. The number of ether oxygens (including phenoxy) is 3. The van der Waals surface area contributed by atoms with E-state index < -0.39 is 23.4 Å². The Morgan fingerprint density at radius 3 is 1.92 bits per heavy atom. The largest absolute Gasteiger partial charge is 0.443 e. The standard InChI is InChI=1S/C19H28N2O5/c1-12-8-13(14-10-24-11-14)9-20-15(12)21(16(22)25-18(2,3)4)17(23)26-19(5,6)7/h8-9,14H,10-11H2,1-7H3. The SMILES string of the molecule is Cc1cc(C2COC2)cnc1N(C(=O)OC(C)(C)C)C(=O)OC(C)(C)C. The Kier molecular flexibility index (Phi) is 5.61. The molecule has 0 N–H and O–H groups in total. The first-order chi connectivity index (χ1) is 11.9. The van der Waals surface area contributed by atoms with Crippen LogP contribution >= 0.6 is 0 Å². The summed E-state index contributed by atoms with van der Waals surface area (Å²) in [6.45, 7) is 13.5. The lowest BCUT2D eigenvalue weighted by atomic mass is 9.98. The summed E-state index contributed by atoms with van der Waals surface area (Å²) in [4.78, 5) is 30.5. The molecule has 0 aliphatic carbocycles. The van der Waals surface area contributed by atoms with E-state index in [9.17, 15) is 9.59 Å². The molecule has 0 atom stereocenters. The van der Waals surface area contributed by atoms with E-state index in [4.69, 9.17) is 14.2 Å². The molecule has 2 rings (SSSR count). The molecule has 7 nitrogen and oxygen atoms in total. The number of aryl methyl sites for hydroxylation is 1. The molecule has 0 spiro atoms. The summed E-state index contributed by atoms with van der Waals surface area (Å²) in [5.74, 6) is 0.504. The smallest absolute Gasteiger partial charge is 0.425 e. The van der Waals surface area contributed by atoms with Crippen molar-refractivity contribution in [3.05, 3.63) is 23.4 Å². The predicted octanol–water partition coefficient (Wildman–Crippen LogP) is 4.18. The number of hydrogen-bond donors (Lipinski definition) is 0. The van der Waals surface area contributed by atoms with Gasteiger partial charge in [0.1, 0.15) is 11.2 Å². The summed E-state index contributed by atoms with van der Waals surface area (Å²) in [6.07, 6.45) is 0.0289. The molecule has 1 fully saturated rings. The summed E-state index contributed by atoms with van der Waals surface area (Å²) < 4.78 is 16.0. The van der Waals surface area contributed by atoms with Gasteiger partial charge in [-0.3, -0.25) is 0 Å². The Balaban J connectivity index is 2.36. The van der Waals surface area contributed by atoms with Crippen LogP contribution in [0.5, 0.6) is 0 Å². The molecule has 0 aromatic carbocycles. The molecule has 2 amide bonds. The fraction of sp³-hybridized carbons (Fsp3) is 0.632. The molecular formula is C19H28N2O5. The molecule has 2 heterocycles. The second kappa shape index (κ2) is 7.23. The predicted molar refractivity (Wildman–Crippen MR) is 97.5 cm³/mol. The van der Waals surface area contributed by atoms with Crippen LogP contribution in [0, 0.1) is 6.92 Å². The molecular weight excluding hydrogens is 336 g/mol. The number of carbonyl (C=O) groups is 2. The highest BCUT2D eigenvalue weighted by Crippen LogP contribution is 2.28. The van der Waals surface area contributed by atoms with Crippen molar-refractivity contribution in [2.75, 3.05) is 18.1 Å². The Morgan fingerprint density at radius 1 is 1.08 bits per heavy atom. The van der Waals surface area contributed by atoms with Crippen LogP contribution in [-0.4, -0.2) is 41.6 Å². The second-order valence-corrected chi connectivity index (χ2v) is 8.44. The zero-order valence-electron chi connectivity index (χ0n) is 16.6. The molecule has 7 heteroatoms. The Hall–Kier alpha value is -2.15. The number of pyridine rings is 1. The molecule has 0 saturated carbocycles. The van der Waals surface area contributed by atoms with Crippen LogP contribution in [0.4, 0.5) is 15.4 Å². The van der Waals surface area contributed by atoms with E-state index in [-0.39, 0.29) is 5.82 Å². The fourth-order valence-corrected chi connectivity index (χ4v) is 2.34. The molecule has 1 aromatic heterocycles. The Bertz CT molecular complexity index is 656. The Labute approximate surface area is 154 Å². The topological polar surface area (TPSA) is 78.0 Å². The maximum Gasteiger partial charge on any atom is 0.425 e. The summed E-state index contributed by atoms with van der Waals surface area (Å²) >= 11 is 0. The fourth-order valence-electron chi connectivity index (χ4n) is 2.34. The van der Waals surface area contributed by atoms with Crippen molar-refractivity contribution in [2.24, 2.45) is 0 Å². The Morgan fingerprint density at radius 2 is 1.58 bits per heavy atom. The first kappa shape index (κ1) is 20.2. The van der Waals surface area contributed by atoms with Crippen LogP contribution in [-0.2, 0) is 14.2 Å². The molecule has 1 saturated heterocycles. The summed E-state index contributed by atoms with van der Waals surface area (Å²) in [5.41, 5.74) is 0.195. The number of amides is 2. The van der Waals surface area contributed by atoms with E-state index in [0.717, 1.165) is 10.5 Å². The number of hydrogen-bond acceptors (Lipinski definition) is 6. The third-order valence-corrected chi connectivity index (χ3v) is 3.55. The second-order valence-electron chi connectivity index (χ2n) is 8.44. The van der Waals surface area contributed by atoms with Gasteiger partial charge in [-0.15, -0.1) is 0 Å². The zero-order chi connectivity index (χ0) is 19.7. The van der Waals surface area contributed by atoms with E-state index in [1.807, 2.05) is 6.07 Å². The monoisotopic (exact) mass is 364 g/mol. The highest BCUT2D eigenvalue weighted by Gasteiger charge is 2.35. The van der Waals surface area contributed by atoms with Gasteiger partial charge in [-0.25, -0.2) is 14.6 Å². The lowest BCUT2D eigenvalue weighted by molar-refractivity contribution is 0.00825. The normalized spacial score (nSPS) is 15.2. The lowest BCUT2D eigenvalue weighted by Crippen LogP contribution is -2.44. The lowest BCUT2D eigenvalue weighted by Gasteiger charge is -2.30. The van der Waals surface area contributed by atoms with Gasteiger partial charge in [0, 0.05) is 12.1 Å². The van der Waals surface area contributed by atoms with E-state index in [0.29, 0.717) is 24.7 Å². The highest BCUT2D eigenvalue weighted by atomic mass is 16.6. The minimum Gasteiger partial charge on any atom is -0.443 e. The van der Waals surface area contributed by atoms with E-state index in [2.05, 4.69) is 4.98 Å². The van der Waals surface area contributed by atoms with Gasteiger partial charge in [-0.2, -0.15) is 4.90 Å². The first-order valence-electron chi connectivity index (χ1n) is 8.68. The van der Waals surface area contributed by atoms with Gasteiger partial charge < -0.3 is 14.2 Å². The van der Waals surface area contributed by atoms with Crippen LogP contribution < -0.4 is 4.90 Å². The average molecular weight is 364 g/mol. The van der Waals surface area contributed by atoms with Gasteiger partial charge in [0.25, 0.3) is 0 Å². The van der Waals surface area contributed by atoms with Crippen LogP contribution in [0.15, 0.2) is 12.3 Å². The molecule has 0 bridgehead atoms. The van der Waals surface area contributed by atoms with E-state index in [1.165, 1.54) is 0 Å². The first-order valence-corrected chi connectivity index (χ1v) is 8.68. The average Bonchev–Trinajstić information content (AvgIpc) is 2.35. The number of rotatable bonds is 2. The van der Waals surface area contributed by atoms with Crippen LogP contribution in [0.25, 0.3) is 0 Å². The van der Waals surface area contributed by atoms with Crippen molar-refractivity contribution in [3.8, 4) is 0 Å². The van der Waals surface area contributed by atoms with Crippen molar-refractivity contribution >= 4 is 18.0 Å². The molecule has 1 aliphatic rings. The molecule has 1 aromatic rings. The summed E-state index contributed by atoms with van der Waals surface area (Å²) in [5, 5.41) is 0. The zero-order valence-corrected chi connectivity index (χ0v) is 16.6. The van der Waals surface area contributed by atoms with Crippen molar-refractivity contribution in [2.45, 2.75) is 65.6 Å². The third-order valence-electron chi connectivity index (χ3n) is 3.55. The number of aromatic nitrogens is 1. The minimum atomic E-state index is -0.818. The van der Waals surface area contributed by atoms with Gasteiger partial charge in [0.05, 0.1) is 13.2 Å². The molecule has 0 radical (unpaired) electrons. The van der Waals surface area contributed by atoms with Gasteiger partial charge in [0.15, 0.2) is 5.82 Å². The molecule has 1 aliphatic heterocycles. The summed E-state index contributed by atoms with van der Waals surface area (Å²) in [6, 6.07) is 1.91. The highest BCUT2D eigenvalue weighted by molar-refractivity contribution is 6.09. The van der Waals surface area contributed by atoms with Crippen LogP contribution in [0.3, 0.4) is 0 Å². The van der Waals surface area contributed by atoms with Crippen molar-refractivity contribution in [1.29, 1.82) is 0 Å². The number of imide groups is 1. The number of anilines is 1. The third kappa shape index (κ3) is 5.17. The van der Waals surface area contributed by atoms with Crippen LogP contribution in [0.1, 0.15) is 58.6 Å². The van der Waals surface area contributed by atoms with Gasteiger partial charge in [0.2, 0.25) is 0 Å². The quantitative estimate of drug-likeness (QED) is 0.783. The molecule has 144 valence electrons. The van der Waals surface area contributed by atoms with Gasteiger partial charge in [-0.1, -0.05) is 6.07 Å². The van der Waals surface area contributed by atoms with Crippen molar-refractivity contribution < 1.29 is 23.8 Å². The van der Waals surface area contributed by atoms with Gasteiger partial charge in [-0.05, 0) is 59.6 Å². The van der Waals surface area contributed by atoms with Crippen molar-refractivity contribution in [3.63, 3.8) is 0 Å². The molecule has 26 heavy (non-hydrogen) atoms. The maximum absolute atomic E-state index is 12.7. The molecule has 0 unspecified atom stereocenters.